The summed E-state index contributed by atoms with van der Waals surface area (Å²) in [6, 6.07) is 5.53. The van der Waals surface area contributed by atoms with E-state index in [0.29, 0.717) is 12.1 Å². The highest BCUT2D eigenvalue weighted by Gasteiger charge is 2.48. The standard InChI is InChI=1S/C16H18BrNO2/c1-4-9-18-14-6-5-12(17)10-13(14)16(20,15(18)19)8-7-11(2)3/h4-7,10,20H,1,8-9H2,2-3H3. The van der Waals surface area contributed by atoms with Crippen molar-refractivity contribution >= 4 is 27.5 Å². The van der Waals surface area contributed by atoms with Crippen LogP contribution in [0.1, 0.15) is 25.8 Å². The molecule has 1 amide bonds. The first kappa shape index (κ1) is 15.0. The van der Waals surface area contributed by atoms with E-state index in [9.17, 15) is 9.90 Å². The molecule has 3 nitrogen and oxygen atoms in total. The first-order chi connectivity index (χ1) is 9.40. The van der Waals surface area contributed by atoms with Gasteiger partial charge in [-0.1, -0.05) is 33.7 Å². The molecule has 1 aliphatic rings. The Morgan fingerprint density at radius 2 is 2.20 bits per heavy atom. The normalized spacial score (nSPS) is 20.8. The molecule has 0 aliphatic carbocycles. The lowest BCUT2D eigenvalue weighted by Gasteiger charge is -2.21. The quantitative estimate of drug-likeness (QED) is 0.855. The van der Waals surface area contributed by atoms with E-state index in [1.807, 2.05) is 38.1 Å². The van der Waals surface area contributed by atoms with Crippen LogP contribution in [0.3, 0.4) is 0 Å². The first-order valence-corrected chi connectivity index (χ1v) is 7.28. The summed E-state index contributed by atoms with van der Waals surface area (Å²) in [7, 11) is 0. The minimum atomic E-state index is -1.49. The van der Waals surface area contributed by atoms with Crippen molar-refractivity contribution in [2.45, 2.75) is 25.9 Å². The molecule has 0 saturated carbocycles. The predicted octanol–water partition coefficient (Wildman–Crippen LogP) is 3.53. The molecule has 0 bridgehead atoms. The summed E-state index contributed by atoms with van der Waals surface area (Å²) in [5.74, 6) is -0.289. The minimum absolute atomic E-state index is 0.283. The van der Waals surface area contributed by atoms with Crippen LogP contribution in [0.25, 0.3) is 0 Å². The number of carbonyl (C=O) groups is 1. The Hall–Kier alpha value is -1.39. The lowest BCUT2D eigenvalue weighted by atomic mass is 9.91. The molecule has 0 spiro atoms. The summed E-state index contributed by atoms with van der Waals surface area (Å²) < 4.78 is 0.847. The number of hydrogen-bond acceptors (Lipinski definition) is 2. The topological polar surface area (TPSA) is 40.5 Å². The molecule has 0 radical (unpaired) electrons. The number of anilines is 1. The van der Waals surface area contributed by atoms with Crippen LogP contribution in [0, 0.1) is 0 Å². The van der Waals surface area contributed by atoms with Crippen molar-refractivity contribution in [2.75, 3.05) is 11.4 Å². The maximum atomic E-state index is 12.6. The van der Waals surface area contributed by atoms with Crippen LogP contribution in [0.15, 0.2) is 47.0 Å². The molecule has 1 unspecified atom stereocenters. The van der Waals surface area contributed by atoms with Crippen LogP contribution in [0.4, 0.5) is 5.69 Å². The monoisotopic (exact) mass is 335 g/mol. The molecular formula is C16H18BrNO2. The van der Waals surface area contributed by atoms with Gasteiger partial charge in [-0.25, -0.2) is 0 Å². The Labute approximate surface area is 127 Å². The van der Waals surface area contributed by atoms with Crippen LogP contribution in [0.5, 0.6) is 0 Å². The maximum absolute atomic E-state index is 12.6. The zero-order chi connectivity index (χ0) is 14.9. The summed E-state index contributed by atoms with van der Waals surface area (Å²) in [5, 5.41) is 10.9. The number of amides is 1. The number of carbonyl (C=O) groups excluding carboxylic acids is 1. The van der Waals surface area contributed by atoms with Crippen molar-refractivity contribution in [3.8, 4) is 0 Å². The van der Waals surface area contributed by atoms with Gasteiger partial charge < -0.3 is 10.0 Å². The Bertz CT molecular complexity index is 590. The lowest BCUT2D eigenvalue weighted by Crippen LogP contribution is -2.40. The van der Waals surface area contributed by atoms with Gasteiger partial charge in [-0.2, -0.15) is 0 Å². The summed E-state index contributed by atoms with van der Waals surface area (Å²) in [4.78, 5) is 14.2. The minimum Gasteiger partial charge on any atom is -0.375 e. The average molecular weight is 336 g/mol. The molecular weight excluding hydrogens is 318 g/mol. The molecule has 106 valence electrons. The second-order valence-electron chi connectivity index (χ2n) is 5.21. The van der Waals surface area contributed by atoms with Gasteiger partial charge in [0.1, 0.15) is 0 Å². The van der Waals surface area contributed by atoms with Crippen LogP contribution in [-0.4, -0.2) is 17.6 Å². The van der Waals surface area contributed by atoms with E-state index in [1.54, 1.807) is 11.0 Å². The molecule has 4 heteroatoms. The number of fused-ring (bicyclic) bond motifs is 1. The van der Waals surface area contributed by atoms with Crippen LogP contribution < -0.4 is 4.90 Å². The van der Waals surface area contributed by atoms with Gasteiger partial charge in [-0.3, -0.25) is 4.79 Å². The molecule has 2 rings (SSSR count). The number of nitrogens with zero attached hydrogens (tertiary/aromatic N) is 1. The zero-order valence-corrected chi connectivity index (χ0v) is 13.3. The molecule has 0 aromatic heterocycles. The fourth-order valence-corrected chi connectivity index (χ4v) is 2.74. The molecule has 1 heterocycles. The number of benzene rings is 1. The summed E-state index contributed by atoms with van der Waals surface area (Å²) >= 11 is 3.40. The van der Waals surface area contributed by atoms with Gasteiger partial charge in [-0.15, -0.1) is 6.58 Å². The van der Waals surface area contributed by atoms with Crippen molar-refractivity contribution in [2.24, 2.45) is 0 Å². The highest BCUT2D eigenvalue weighted by atomic mass is 79.9. The largest absolute Gasteiger partial charge is 0.375 e. The van der Waals surface area contributed by atoms with Crippen molar-refractivity contribution in [3.63, 3.8) is 0 Å². The van der Waals surface area contributed by atoms with Crippen LogP contribution >= 0.6 is 15.9 Å². The summed E-state index contributed by atoms with van der Waals surface area (Å²) in [6.45, 7) is 7.97. The Kier molecular flexibility index (Phi) is 4.16. The van der Waals surface area contributed by atoms with Crippen molar-refractivity contribution in [1.82, 2.24) is 0 Å². The zero-order valence-electron chi connectivity index (χ0n) is 11.7. The first-order valence-electron chi connectivity index (χ1n) is 6.49. The van der Waals surface area contributed by atoms with Gasteiger partial charge in [0, 0.05) is 23.0 Å². The second-order valence-corrected chi connectivity index (χ2v) is 6.13. The van der Waals surface area contributed by atoms with Crippen molar-refractivity contribution in [3.05, 3.63) is 52.5 Å². The Morgan fingerprint density at radius 3 is 2.80 bits per heavy atom. The SMILES string of the molecule is C=CCN1C(=O)C(O)(CC=C(C)C)c2cc(Br)ccc21. The Morgan fingerprint density at radius 1 is 1.50 bits per heavy atom. The van der Waals surface area contributed by atoms with Gasteiger partial charge in [0.2, 0.25) is 0 Å². The highest BCUT2D eigenvalue weighted by molar-refractivity contribution is 9.10. The number of hydrogen-bond donors (Lipinski definition) is 1. The van der Waals surface area contributed by atoms with E-state index in [1.165, 1.54) is 0 Å². The molecule has 20 heavy (non-hydrogen) atoms. The lowest BCUT2D eigenvalue weighted by molar-refractivity contribution is -0.135. The molecule has 1 N–H and O–H groups in total. The molecule has 0 fully saturated rings. The summed E-state index contributed by atoms with van der Waals surface area (Å²) in [6.07, 6.45) is 3.83. The van der Waals surface area contributed by atoms with E-state index in [2.05, 4.69) is 22.5 Å². The maximum Gasteiger partial charge on any atom is 0.264 e. The third-order valence-electron chi connectivity index (χ3n) is 3.41. The van der Waals surface area contributed by atoms with Gasteiger partial charge in [0.25, 0.3) is 5.91 Å². The number of allylic oxidation sites excluding steroid dienone is 1. The van der Waals surface area contributed by atoms with Crippen molar-refractivity contribution in [1.29, 1.82) is 0 Å². The molecule has 0 saturated heterocycles. The summed E-state index contributed by atoms with van der Waals surface area (Å²) in [5.41, 5.74) is 0.989. The van der Waals surface area contributed by atoms with E-state index in [4.69, 9.17) is 0 Å². The number of halogens is 1. The van der Waals surface area contributed by atoms with Crippen molar-refractivity contribution < 1.29 is 9.90 Å². The van der Waals surface area contributed by atoms with Crippen LogP contribution in [0.2, 0.25) is 0 Å². The second kappa shape index (κ2) is 5.54. The fraction of sp³-hybridized carbons (Fsp3) is 0.312. The third kappa shape index (κ3) is 2.45. The smallest absolute Gasteiger partial charge is 0.264 e. The van der Waals surface area contributed by atoms with E-state index >= 15 is 0 Å². The molecule has 1 aliphatic heterocycles. The number of rotatable bonds is 4. The van der Waals surface area contributed by atoms with Gasteiger partial charge in [0.15, 0.2) is 5.60 Å². The van der Waals surface area contributed by atoms with E-state index < -0.39 is 5.60 Å². The fourth-order valence-electron chi connectivity index (χ4n) is 2.38. The third-order valence-corrected chi connectivity index (χ3v) is 3.90. The molecule has 1 aromatic rings. The van der Waals surface area contributed by atoms with E-state index in [-0.39, 0.29) is 12.3 Å². The predicted molar refractivity (Wildman–Crippen MR) is 84.6 cm³/mol. The molecule has 1 aromatic carbocycles. The van der Waals surface area contributed by atoms with Gasteiger partial charge in [0.05, 0.1) is 5.69 Å². The number of aliphatic hydroxyl groups is 1. The van der Waals surface area contributed by atoms with Crippen LogP contribution in [-0.2, 0) is 10.4 Å². The Balaban J connectivity index is 2.54. The highest BCUT2D eigenvalue weighted by Crippen LogP contribution is 2.43. The average Bonchev–Trinajstić information content (AvgIpc) is 2.60. The van der Waals surface area contributed by atoms with Gasteiger partial charge in [-0.05, 0) is 32.0 Å². The molecule has 1 atom stereocenters. The van der Waals surface area contributed by atoms with Gasteiger partial charge >= 0.3 is 0 Å². The van der Waals surface area contributed by atoms with E-state index in [0.717, 1.165) is 15.7 Å².